The minimum absolute atomic E-state index is 0.273. The van der Waals surface area contributed by atoms with Gasteiger partial charge in [-0.2, -0.15) is 0 Å². The van der Waals surface area contributed by atoms with E-state index in [1.165, 1.54) is 13.0 Å². The lowest BCUT2D eigenvalue weighted by molar-refractivity contribution is 0.0857. The number of nitrogens with zero attached hydrogens (tertiary/aromatic N) is 1. The summed E-state index contributed by atoms with van der Waals surface area (Å²) in [6.07, 6.45) is 1.24. The number of nitrogens with one attached hydrogen (secondary N) is 1. The fourth-order valence-electron chi connectivity index (χ4n) is 1.82. The maximum absolute atomic E-state index is 5.12. The van der Waals surface area contributed by atoms with Crippen molar-refractivity contribution in [2.24, 2.45) is 0 Å². The topological polar surface area (TPSA) is 24.5 Å². The summed E-state index contributed by atoms with van der Waals surface area (Å²) in [6, 6.07) is 0. The Morgan fingerprint density at radius 1 is 1.46 bits per heavy atom. The summed E-state index contributed by atoms with van der Waals surface area (Å²) >= 11 is 0. The average Bonchev–Trinajstić information content (AvgIpc) is 2.23. The first-order chi connectivity index (χ1) is 6.17. The zero-order chi connectivity index (χ0) is 9.73. The van der Waals surface area contributed by atoms with Crippen molar-refractivity contribution in [3.05, 3.63) is 0 Å². The molecule has 78 valence electrons. The van der Waals surface area contributed by atoms with E-state index in [1.807, 2.05) is 0 Å². The molecule has 0 spiro atoms. The van der Waals surface area contributed by atoms with Gasteiger partial charge in [-0.3, -0.25) is 4.90 Å². The SMILES string of the molecule is COCCN1CCCNCC1(C)C. The molecule has 1 heterocycles. The second kappa shape index (κ2) is 4.94. The largest absolute Gasteiger partial charge is 0.383 e. The number of methoxy groups -OCH3 is 1. The van der Waals surface area contributed by atoms with Crippen LogP contribution in [0.5, 0.6) is 0 Å². The summed E-state index contributed by atoms with van der Waals surface area (Å²) in [5.74, 6) is 0. The second-order valence-electron chi connectivity index (χ2n) is 4.32. The fourth-order valence-corrected chi connectivity index (χ4v) is 1.82. The molecule has 0 aromatic rings. The highest BCUT2D eigenvalue weighted by Crippen LogP contribution is 2.15. The molecule has 1 fully saturated rings. The summed E-state index contributed by atoms with van der Waals surface area (Å²) in [5, 5.41) is 3.46. The third kappa shape index (κ3) is 3.25. The van der Waals surface area contributed by atoms with Crippen LogP contribution in [0, 0.1) is 0 Å². The molecule has 0 aliphatic carbocycles. The van der Waals surface area contributed by atoms with Gasteiger partial charge < -0.3 is 10.1 Å². The first-order valence-corrected chi connectivity index (χ1v) is 5.11. The van der Waals surface area contributed by atoms with E-state index in [4.69, 9.17) is 4.74 Å². The smallest absolute Gasteiger partial charge is 0.0589 e. The van der Waals surface area contributed by atoms with Gasteiger partial charge in [-0.1, -0.05) is 0 Å². The molecule has 1 saturated heterocycles. The minimum atomic E-state index is 0.273. The highest BCUT2D eigenvalue weighted by atomic mass is 16.5. The molecule has 0 aromatic carbocycles. The molecule has 0 saturated carbocycles. The monoisotopic (exact) mass is 186 g/mol. The van der Waals surface area contributed by atoms with Gasteiger partial charge in [0.15, 0.2) is 0 Å². The first-order valence-electron chi connectivity index (χ1n) is 5.11. The quantitative estimate of drug-likeness (QED) is 0.702. The van der Waals surface area contributed by atoms with E-state index in [-0.39, 0.29) is 5.54 Å². The highest BCUT2D eigenvalue weighted by molar-refractivity contribution is 4.86. The van der Waals surface area contributed by atoms with Crippen molar-refractivity contribution < 1.29 is 4.74 Å². The molecule has 0 amide bonds. The molecule has 0 unspecified atom stereocenters. The summed E-state index contributed by atoms with van der Waals surface area (Å²) in [4.78, 5) is 2.51. The maximum Gasteiger partial charge on any atom is 0.0589 e. The first kappa shape index (κ1) is 11.0. The van der Waals surface area contributed by atoms with Crippen LogP contribution in [0.2, 0.25) is 0 Å². The van der Waals surface area contributed by atoms with E-state index in [1.54, 1.807) is 7.11 Å². The number of rotatable bonds is 3. The predicted octanol–water partition coefficient (Wildman–Crippen LogP) is 0.707. The molecule has 1 N–H and O–H groups in total. The Kier molecular flexibility index (Phi) is 4.16. The molecule has 0 radical (unpaired) electrons. The van der Waals surface area contributed by atoms with E-state index < -0.39 is 0 Å². The Morgan fingerprint density at radius 2 is 2.23 bits per heavy atom. The van der Waals surface area contributed by atoms with Gasteiger partial charge in [0.2, 0.25) is 0 Å². The highest BCUT2D eigenvalue weighted by Gasteiger charge is 2.27. The molecular formula is C10H22N2O. The summed E-state index contributed by atoms with van der Waals surface area (Å²) in [6.45, 7) is 9.88. The Balaban J connectivity index is 2.45. The van der Waals surface area contributed by atoms with E-state index in [9.17, 15) is 0 Å². The van der Waals surface area contributed by atoms with Gasteiger partial charge in [-0.05, 0) is 26.8 Å². The van der Waals surface area contributed by atoms with Crippen molar-refractivity contribution >= 4 is 0 Å². The van der Waals surface area contributed by atoms with Crippen LogP contribution >= 0.6 is 0 Å². The van der Waals surface area contributed by atoms with Crippen LogP contribution in [0.25, 0.3) is 0 Å². The van der Waals surface area contributed by atoms with Gasteiger partial charge >= 0.3 is 0 Å². The Hall–Kier alpha value is -0.120. The lowest BCUT2D eigenvalue weighted by Crippen LogP contribution is -2.49. The van der Waals surface area contributed by atoms with Gasteiger partial charge in [0, 0.05) is 32.3 Å². The lowest BCUT2D eigenvalue weighted by atomic mass is 10.0. The minimum Gasteiger partial charge on any atom is -0.383 e. The molecular weight excluding hydrogens is 164 g/mol. The van der Waals surface area contributed by atoms with Gasteiger partial charge in [-0.15, -0.1) is 0 Å². The van der Waals surface area contributed by atoms with E-state index in [0.717, 1.165) is 26.2 Å². The number of hydrogen-bond donors (Lipinski definition) is 1. The van der Waals surface area contributed by atoms with Crippen molar-refractivity contribution in [2.75, 3.05) is 39.9 Å². The molecule has 13 heavy (non-hydrogen) atoms. The molecule has 1 aliphatic heterocycles. The van der Waals surface area contributed by atoms with Crippen molar-refractivity contribution in [3.63, 3.8) is 0 Å². The molecule has 1 rings (SSSR count). The summed E-state index contributed by atoms with van der Waals surface area (Å²) in [7, 11) is 1.77. The van der Waals surface area contributed by atoms with Crippen LogP contribution in [0.1, 0.15) is 20.3 Å². The van der Waals surface area contributed by atoms with Crippen LogP contribution in [-0.4, -0.2) is 50.3 Å². The van der Waals surface area contributed by atoms with E-state index in [2.05, 4.69) is 24.1 Å². The van der Waals surface area contributed by atoms with Crippen molar-refractivity contribution in [1.82, 2.24) is 10.2 Å². The standard InChI is InChI=1S/C10H22N2O/c1-10(2)9-11-5-4-6-12(10)7-8-13-3/h11H,4-9H2,1-3H3. The molecule has 0 atom stereocenters. The van der Waals surface area contributed by atoms with Gasteiger partial charge in [0.25, 0.3) is 0 Å². The van der Waals surface area contributed by atoms with E-state index in [0.29, 0.717) is 0 Å². The van der Waals surface area contributed by atoms with Crippen molar-refractivity contribution in [3.8, 4) is 0 Å². The molecule has 0 bridgehead atoms. The van der Waals surface area contributed by atoms with E-state index >= 15 is 0 Å². The summed E-state index contributed by atoms with van der Waals surface area (Å²) < 4.78 is 5.12. The number of hydrogen-bond acceptors (Lipinski definition) is 3. The van der Waals surface area contributed by atoms with Crippen LogP contribution in [0.3, 0.4) is 0 Å². The van der Waals surface area contributed by atoms with Crippen molar-refractivity contribution in [1.29, 1.82) is 0 Å². The Morgan fingerprint density at radius 3 is 2.92 bits per heavy atom. The third-order valence-electron chi connectivity index (χ3n) is 2.76. The van der Waals surface area contributed by atoms with Crippen LogP contribution in [-0.2, 0) is 4.74 Å². The second-order valence-corrected chi connectivity index (χ2v) is 4.32. The van der Waals surface area contributed by atoms with Gasteiger partial charge in [0.1, 0.15) is 0 Å². The normalized spacial score (nSPS) is 24.2. The number of ether oxygens (including phenoxy) is 1. The molecule has 3 heteroatoms. The fraction of sp³-hybridized carbons (Fsp3) is 1.00. The van der Waals surface area contributed by atoms with Crippen LogP contribution < -0.4 is 5.32 Å². The van der Waals surface area contributed by atoms with Gasteiger partial charge in [-0.25, -0.2) is 0 Å². The van der Waals surface area contributed by atoms with Crippen molar-refractivity contribution in [2.45, 2.75) is 25.8 Å². The van der Waals surface area contributed by atoms with Crippen LogP contribution in [0.15, 0.2) is 0 Å². The Labute approximate surface area is 81.4 Å². The average molecular weight is 186 g/mol. The molecule has 1 aliphatic rings. The predicted molar refractivity (Wildman–Crippen MR) is 55.0 cm³/mol. The zero-order valence-electron chi connectivity index (χ0n) is 9.10. The molecule has 3 nitrogen and oxygen atoms in total. The molecule has 0 aromatic heterocycles. The zero-order valence-corrected chi connectivity index (χ0v) is 9.10. The maximum atomic E-state index is 5.12. The van der Waals surface area contributed by atoms with Gasteiger partial charge in [0.05, 0.1) is 6.61 Å². The third-order valence-corrected chi connectivity index (χ3v) is 2.76. The summed E-state index contributed by atoms with van der Waals surface area (Å²) in [5.41, 5.74) is 0.273. The lowest BCUT2D eigenvalue weighted by Gasteiger charge is -2.36. The Bertz CT molecular complexity index is 148. The van der Waals surface area contributed by atoms with Crippen LogP contribution in [0.4, 0.5) is 0 Å².